The lowest BCUT2D eigenvalue weighted by Crippen LogP contribution is -2.25. The van der Waals surface area contributed by atoms with Crippen LogP contribution in [-0.4, -0.2) is 6.54 Å². The molecule has 4 heteroatoms. The Morgan fingerprint density at radius 2 is 1.71 bits per heavy atom. The summed E-state index contributed by atoms with van der Waals surface area (Å²) in [5, 5.41) is 3.45. The Hall–Kier alpha value is -0.710. The number of nitrogens with one attached hydrogen (secondary N) is 1. The fourth-order valence-corrected chi connectivity index (χ4v) is 3.23. The molecule has 0 saturated heterocycles. The lowest BCUT2D eigenvalue weighted by atomic mass is 9.94. The maximum Gasteiger partial charge on any atom is 0.128 e. The molecule has 0 heterocycles. The molecule has 0 fully saturated rings. The molecule has 0 aromatic heterocycles. The zero-order valence-electron chi connectivity index (χ0n) is 12.1. The molecule has 0 bridgehead atoms. The summed E-state index contributed by atoms with van der Waals surface area (Å²) in [7, 11) is 0. The average Bonchev–Trinajstić information content (AvgIpc) is 2.44. The van der Waals surface area contributed by atoms with Crippen LogP contribution in [0.1, 0.15) is 36.1 Å². The molecule has 0 aliphatic carbocycles. The zero-order chi connectivity index (χ0) is 15.4. The van der Waals surface area contributed by atoms with Crippen molar-refractivity contribution in [2.45, 2.75) is 26.3 Å². The molecule has 0 amide bonds. The van der Waals surface area contributed by atoms with E-state index in [0.717, 1.165) is 33.0 Å². The third-order valence-corrected chi connectivity index (χ3v) is 4.40. The Kier molecular flexibility index (Phi) is 5.97. The van der Waals surface area contributed by atoms with Gasteiger partial charge in [0.1, 0.15) is 5.82 Å². The first-order valence-electron chi connectivity index (χ1n) is 6.97. The van der Waals surface area contributed by atoms with E-state index in [1.165, 1.54) is 6.07 Å². The van der Waals surface area contributed by atoms with Gasteiger partial charge in [-0.05, 0) is 61.3 Å². The van der Waals surface area contributed by atoms with Crippen LogP contribution in [0.3, 0.4) is 0 Å². The van der Waals surface area contributed by atoms with Crippen molar-refractivity contribution in [1.29, 1.82) is 0 Å². The molecule has 1 atom stereocenters. The summed E-state index contributed by atoms with van der Waals surface area (Å²) in [6, 6.07) is 11.1. The van der Waals surface area contributed by atoms with Crippen LogP contribution in [0.4, 0.5) is 4.39 Å². The van der Waals surface area contributed by atoms with Crippen molar-refractivity contribution >= 4 is 31.9 Å². The van der Waals surface area contributed by atoms with E-state index in [1.54, 1.807) is 6.07 Å². The van der Waals surface area contributed by atoms with E-state index in [-0.39, 0.29) is 11.9 Å². The van der Waals surface area contributed by atoms with Crippen molar-refractivity contribution in [3.8, 4) is 0 Å². The highest BCUT2D eigenvalue weighted by molar-refractivity contribution is 9.10. The van der Waals surface area contributed by atoms with Gasteiger partial charge in [-0.2, -0.15) is 0 Å². The molecule has 0 saturated carbocycles. The van der Waals surface area contributed by atoms with Gasteiger partial charge < -0.3 is 5.32 Å². The number of benzene rings is 2. The predicted octanol–water partition coefficient (Wildman–Crippen LogP) is 5.75. The number of hydrogen-bond acceptors (Lipinski definition) is 1. The normalized spacial score (nSPS) is 12.4. The van der Waals surface area contributed by atoms with Crippen molar-refractivity contribution < 1.29 is 4.39 Å². The van der Waals surface area contributed by atoms with Gasteiger partial charge in [-0.15, -0.1) is 0 Å². The van der Waals surface area contributed by atoms with Gasteiger partial charge in [0.2, 0.25) is 0 Å². The van der Waals surface area contributed by atoms with Crippen molar-refractivity contribution in [3.63, 3.8) is 0 Å². The van der Waals surface area contributed by atoms with Crippen molar-refractivity contribution in [2.24, 2.45) is 0 Å². The second-order valence-electron chi connectivity index (χ2n) is 5.05. The summed E-state index contributed by atoms with van der Waals surface area (Å²) in [4.78, 5) is 0. The van der Waals surface area contributed by atoms with Gasteiger partial charge in [0.15, 0.2) is 0 Å². The summed E-state index contributed by atoms with van der Waals surface area (Å²) >= 11 is 6.91. The molecule has 0 radical (unpaired) electrons. The van der Waals surface area contributed by atoms with Gasteiger partial charge in [-0.3, -0.25) is 0 Å². The largest absolute Gasteiger partial charge is 0.306 e. The van der Waals surface area contributed by atoms with Crippen LogP contribution in [0.2, 0.25) is 0 Å². The zero-order valence-corrected chi connectivity index (χ0v) is 15.3. The molecule has 0 aliphatic rings. The Balaban J connectivity index is 2.49. The monoisotopic (exact) mass is 413 g/mol. The van der Waals surface area contributed by atoms with Crippen molar-refractivity contribution in [3.05, 3.63) is 67.9 Å². The van der Waals surface area contributed by atoms with Crippen molar-refractivity contribution in [1.82, 2.24) is 5.32 Å². The van der Waals surface area contributed by atoms with Gasteiger partial charge >= 0.3 is 0 Å². The third-order valence-electron chi connectivity index (χ3n) is 3.41. The number of halogens is 3. The molecule has 2 aromatic rings. The maximum absolute atomic E-state index is 14.3. The first-order chi connectivity index (χ1) is 10.0. The van der Waals surface area contributed by atoms with Crippen LogP contribution in [0, 0.1) is 12.7 Å². The Morgan fingerprint density at radius 1 is 1.05 bits per heavy atom. The Morgan fingerprint density at radius 3 is 2.38 bits per heavy atom. The van der Waals surface area contributed by atoms with Gasteiger partial charge in [-0.25, -0.2) is 4.39 Å². The summed E-state index contributed by atoms with van der Waals surface area (Å²) < 4.78 is 16.2. The third kappa shape index (κ3) is 4.15. The number of rotatable bonds is 5. The van der Waals surface area contributed by atoms with Crippen LogP contribution < -0.4 is 5.32 Å². The fraction of sp³-hybridized carbons (Fsp3) is 0.294. The molecule has 1 N–H and O–H groups in total. The van der Waals surface area contributed by atoms with E-state index < -0.39 is 0 Å². The van der Waals surface area contributed by atoms with Crippen LogP contribution in [0.5, 0.6) is 0 Å². The quantitative estimate of drug-likeness (QED) is 0.656. The highest BCUT2D eigenvalue weighted by Gasteiger charge is 2.19. The van der Waals surface area contributed by atoms with Gasteiger partial charge in [-0.1, -0.05) is 44.8 Å². The van der Waals surface area contributed by atoms with E-state index in [1.807, 2.05) is 18.2 Å². The molecule has 2 rings (SSSR count). The topological polar surface area (TPSA) is 12.0 Å². The van der Waals surface area contributed by atoms with Crippen LogP contribution in [0.15, 0.2) is 45.3 Å². The lowest BCUT2D eigenvalue weighted by molar-refractivity contribution is 0.545. The molecule has 1 nitrogen and oxygen atoms in total. The average molecular weight is 415 g/mol. The molecule has 112 valence electrons. The lowest BCUT2D eigenvalue weighted by Gasteiger charge is -2.22. The fourth-order valence-electron chi connectivity index (χ4n) is 2.37. The minimum absolute atomic E-state index is 0.143. The molecule has 0 spiro atoms. The summed E-state index contributed by atoms with van der Waals surface area (Å²) in [5.41, 5.74) is 2.91. The summed E-state index contributed by atoms with van der Waals surface area (Å²) in [6.45, 7) is 5.00. The van der Waals surface area contributed by atoms with E-state index >= 15 is 0 Å². The molecule has 1 unspecified atom stereocenters. The minimum atomic E-state index is -0.186. The van der Waals surface area contributed by atoms with E-state index in [4.69, 9.17) is 0 Å². The molecule has 21 heavy (non-hydrogen) atoms. The van der Waals surface area contributed by atoms with Crippen LogP contribution in [0.25, 0.3) is 0 Å². The van der Waals surface area contributed by atoms with Gasteiger partial charge in [0.05, 0.1) is 6.04 Å². The highest BCUT2D eigenvalue weighted by Crippen LogP contribution is 2.30. The maximum atomic E-state index is 14.3. The van der Waals surface area contributed by atoms with Crippen molar-refractivity contribution in [2.75, 3.05) is 6.54 Å². The number of aryl methyl sites for hydroxylation is 1. The van der Waals surface area contributed by atoms with Gasteiger partial charge in [0, 0.05) is 14.5 Å². The van der Waals surface area contributed by atoms with Crippen LogP contribution in [-0.2, 0) is 0 Å². The van der Waals surface area contributed by atoms with Crippen LogP contribution >= 0.6 is 31.9 Å². The molecular weight excluding hydrogens is 397 g/mol. The van der Waals surface area contributed by atoms with E-state index in [2.05, 4.69) is 57.1 Å². The molecule has 2 aromatic carbocycles. The highest BCUT2D eigenvalue weighted by atomic mass is 79.9. The summed E-state index contributed by atoms with van der Waals surface area (Å²) in [5.74, 6) is -0.186. The minimum Gasteiger partial charge on any atom is -0.306 e. The second-order valence-corrected chi connectivity index (χ2v) is 6.89. The molecular formula is C17H18Br2FN. The standard InChI is InChI=1S/C17H18Br2FN/c1-3-8-21-17(14-6-4-12(18)9-11(14)2)15-10-13(19)5-7-16(15)20/h4-7,9-10,17,21H,3,8H2,1-2H3. The smallest absolute Gasteiger partial charge is 0.128 e. The van der Waals surface area contributed by atoms with E-state index in [9.17, 15) is 4.39 Å². The summed E-state index contributed by atoms with van der Waals surface area (Å²) in [6.07, 6.45) is 1.00. The predicted molar refractivity (Wildman–Crippen MR) is 93.1 cm³/mol. The number of hydrogen-bond donors (Lipinski definition) is 1. The molecule has 0 aliphatic heterocycles. The Labute approximate surface area is 142 Å². The first kappa shape index (κ1) is 16.7. The Bertz CT molecular complexity index is 628. The van der Waals surface area contributed by atoms with Gasteiger partial charge in [0.25, 0.3) is 0 Å². The SMILES string of the molecule is CCCNC(c1ccc(Br)cc1C)c1cc(Br)ccc1F. The second kappa shape index (κ2) is 7.52. The van der Waals surface area contributed by atoms with E-state index in [0.29, 0.717) is 5.56 Å². The first-order valence-corrected chi connectivity index (χ1v) is 8.56.